The maximum absolute atomic E-state index is 12.8. The van der Waals surface area contributed by atoms with Crippen molar-refractivity contribution in [1.29, 1.82) is 0 Å². The second kappa shape index (κ2) is 9.24. The molecule has 2 rings (SSSR count). The standard InChI is InChI=1S/C19H30N2O3S2/c1-5-21(6-2)26(23,24)18-13-16(12-11-14(18)3)20-19(22)15(4)25-17-9-7-8-10-17/h11-13,15,17H,5-10H2,1-4H3,(H,20,22)/t15-/m1/s1. The zero-order chi connectivity index (χ0) is 19.3. The predicted octanol–water partition coefficient (Wildman–Crippen LogP) is 4.03. The number of carbonyl (C=O) groups is 1. The number of benzene rings is 1. The summed E-state index contributed by atoms with van der Waals surface area (Å²) in [5, 5.41) is 3.30. The van der Waals surface area contributed by atoms with Gasteiger partial charge in [0.1, 0.15) is 0 Å². The third-order valence-corrected chi connectivity index (χ3v) is 8.52. The fourth-order valence-electron chi connectivity index (χ4n) is 3.28. The van der Waals surface area contributed by atoms with Crippen molar-refractivity contribution in [3.8, 4) is 0 Å². The highest BCUT2D eigenvalue weighted by atomic mass is 32.2. The van der Waals surface area contributed by atoms with Crippen LogP contribution in [0.3, 0.4) is 0 Å². The van der Waals surface area contributed by atoms with E-state index < -0.39 is 10.0 Å². The van der Waals surface area contributed by atoms with Crippen LogP contribution in [0, 0.1) is 6.92 Å². The number of nitrogens with one attached hydrogen (secondary N) is 1. The molecule has 1 fully saturated rings. The van der Waals surface area contributed by atoms with Gasteiger partial charge in [-0.25, -0.2) is 8.42 Å². The molecule has 1 aromatic rings. The summed E-state index contributed by atoms with van der Waals surface area (Å²) in [6.07, 6.45) is 4.85. The number of hydrogen-bond donors (Lipinski definition) is 1. The molecule has 1 amide bonds. The maximum Gasteiger partial charge on any atom is 0.243 e. The van der Waals surface area contributed by atoms with Gasteiger partial charge in [0.25, 0.3) is 0 Å². The summed E-state index contributed by atoms with van der Waals surface area (Å²) >= 11 is 1.72. The van der Waals surface area contributed by atoms with Crippen LogP contribution in [0.5, 0.6) is 0 Å². The molecule has 26 heavy (non-hydrogen) atoms. The van der Waals surface area contributed by atoms with Gasteiger partial charge in [-0.3, -0.25) is 4.79 Å². The first-order chi connectivity index (χ1) is 12.3. The quantitative estimate of drug-likeness (QED) is 0.718. The highest BCUT2D eigenvalue weighted by Crippen LogP contribution is 2.32. The average molecular weight is 399 g/mol. The second-order valence-electron chi connectivity index (χ2n) is 6.74. The van der Waals surface area contributed by atoms with Gasteiger partial charge in [0.15, 0.2) is 0 Å². The Bertz CT molecular complexity index is 724. The van der Waals surface area contributed by atoms with E-state index in [0.29, 0.717) is 29.6 Å². The van der Waals surface area contributed by atoms with Crippen LogP contribution in [0.1, 0.15) is 52.0 Å². The molecule has 0 spiro atoms. The molecule has 7 heteroatoms. The molecule has 1 atom stereocenters. The molecule has 0 radical (unpaired) electrons. The van der Waals surface area contributed by atoms with Gasteiger partial charge in [0, 0.05) is 24.0 Å². The zero-order valence-corrected chi connectivity index (χ0v) is 17.8. The second-order valence-corrected chi connectivity index (χ2v) is 10.3. The molecule has 0 unspecified atom stereocenters. The number of carbonyl (C=O) groups excluding carboxylic acids is 1. The lowest BCUT2D eigenvalue weighted by Gasteiger charge is -2.21. The first kappa shape index (κ1) is 21.3. The lowest BCUT2D eigenvalue weighted by molar-refractivity contribution is -0.115. The maximum atomic E-state index is 12.8. The number of hydrogen-bond acceptors (Lipinski definition) is 4. The van der Waals surface area contributed by atoms with E-state index in [1.54, 1.807) is 36.9 Å². The Morgan fingerprint density at radius 2 is 1.88 bits per heavy atom. The molecule has 1 saturated carbocycles. The zero-order valence-electron chi connectivity index (χ0n) is 16.1. The lowest BCUT2D eigenvalue weighted by Crippen LogP contribution is -2.31. The molecule has 0 aromatic heterocycles. The van der Waals surface area contributed by atoms with Crippen molar-refractivity contribution in [2.75, 3.05) is 18.4 Å². The largest absolute Gasteiger partial charge is 0.325 e. The minimum Gasteiger partial charge on any atom is -0.325 e. The summed E-state index contributed by atoms with van der Waals surface area (Å²) in [6, 6.07) is 5.09. The van der Waals surface area contributed by atoms with E-state index in [4.69, 9.17) is 0 Å². The van der Waals surface area contributed by atoms with E-state index in [2.05, 4.69) is 5.32 Å². The summed E-state index contributed by atoms with van der Waals surface area (Å²) in [4.78, 5) is 12.8. The Morgan fingerprint density at radius 3 is 2.46 bits per heavy atom. The van der Waals surface area contributed by atoms with Gasteiger partial charge >= 0.3 is 0 Å². The topological polar surface area (TPSA) is 66.5 Å². The molecule has 0 bridgehead atoms. The van der Waals surface area contributed by atoms with Crippen molar-refractivity contribution in [2.45, 2.75) is 68.8 Å². The number of rotatable bonds is 8. The van der Waals surface area contributed by atoms with E-state index in [1.807, 2.05) is 20.8 Å². The summed E-state index contributed by atoms with van der Waals surface area (Å²) in [6.45, 7) is 8.18. The van der Waals surface area contributed by atoms with Crippen LogP contribution in [0.2, 0.25) is 0 Å². The predicted molar refractivity (Wildman–Crippen MR) is 109 cm³/mol. The van der Waals surface area contributed by atoms with Crippen molar-refractivity contribution < 1.29 is 13.2 Å². The van der Waals surface area contributed by atoms with Gasteiger partial charge in [-0.2, -0.15) is 4.31 Å². The van der Waals surface area contributed by atoms with Crippen molar-refractivity contribution in [3.63, 3.8) is 0 Å². The molecule has 1 aliphatic carbocycles. The summed E-state index contributed by atoms with van der Waals surface area (Å²) < 4.78 is 27.1. The highest BCUT2D eigenvalue weighted by molar-refractivity contribution is 8.01. The minimum absolute atomic E-state index is 0.0723. The number of anilines is 1. The molecule has 5 nitrogen and oxygen atoms in total. The lowest BCUT2D eigenvalue weighted by atomic mass is 10.2. The van der Waals surface area contributed by atoms with E-state index in [-0.39, 0.29) is 16.1 Å². The first-order valence-electron chi connectivity index (χ1n) is 9.36. The molecule has 0 aliphatic heterocycles. The summed E-state index contributed by atoms with van der Waals surface area (Å²) in [5.74, 6) is -0.0723. The molecule has 1 N–H and O–H groups in total. The Kier molecular flexibility index (Phi) is 7.55. The summed E-state index contributed by atoms with van der Waals surface area (Å²) in [5.41, 5.74) is 1.22. The normalized spacial score (nSPS) is 16.8. The number of amides is 1. The first-order valence-corrected chi connectivity index (χ1v) is 11.7. The number of nitrogens with zero attached hydrogens (tertiary/aromatic N) is 1. The molecule has 0 heterocycles. The van der Waals surface area contributed by atoms with Crippen LogP contribution in [-0.2, 0) is 14.8 Å². The van der Waals surface area contributed by atoms with Crippen LogP contribution in [0.25, 0.3) is 0 Å². The minimum atomic E-state index is -3.55. The van der Waals surface area contributed by atoms with Gasteiger partial charge in [-0.05, 0) is 44.4 Å². The number of aryl methyl sites for hydroxylation is 1. The number of thioether (sulfide) groups is 1. The van der Waals surface area contributed by atoms with Crippen LogP contribution in [0.15, 0.2) is 23.1 Å². The molecule has 1 aliphatic rings. The fraction of sp³-hybridized carbons (Fsp3) is 0.632. The van der Waals surface area contributed by atoms with Crippen molar-refractivity contribution in [2.24, 2.45) is 0 Å². The van der Waals surface area contributed by atoms with Crippen molar-refractivity contribution in [3.05, 3.63) is 23.8 Å². The van der Waals surface area contributed by atoms with Crippen LogP contribution >= 0.6 is 11.8 Å². The monoisotopic (exact) mass is 398 g/mol. The van der Waals surface area contributed by atoms with Crippen LogP contribution < -0.4 is 5.32 Å². The van der Waals surface area contributed by atoms with Gasteiger partial charge in [-0.15, -0.1) is 11.8 Å². The molecule has 1 aromatic carbocycles. The van der Waals surface area contributed by atoms with Gasteiger partial charge < -0.3 is 5.32 Å². The molecular formula is C19H30N2O3S2. The van der Waals surface area contributed by atoms with E-state index in [9.17, 15) is 13.2 Å². The average Bonchev–Trinajstić information content (AvgIpc) is 3.10. The van der Waals surface area contributed by atoms with E-state index >= 15 is 0 Å². The number of sulfonamides is 1. The third-order valence-electron chi connectivity index (χ3n) is 4.85. The molecular weight excluding hydrogens is 368 g/mol. The Hall–Kier alpha value is -1.05. The van der Waals surface area contributed by atoms with Crippen LogP contribution in [-0.4, -0.2) is 42.2 Å². The SMILES string of the molecule is CCN(CC)S(=O)(=O)c1cc(NC(=O)[C@@H](C)SC2CCCC2)ccc1C. The van der Waals surface area contributed by atoms with E-state index in [1.165, 1.54) is 30.0 Å². The Labute approximate surface area is 162 Å². The fourth-order valence-corrected chi connectivity index (χ4v) is 6.35. The van der Waals surface area contributed by atoms with Gasteiger partial charge in [0.2, 0.25) is 15.9 Å². The van der Waals surface area contributed by atoms with Crippen molar-refractivity contribution in [1.82, 2.24) is 4.31 Å². The highest BCUT2D eigenvalue weighted by Gasteiger charge is 2.25. The molecule has 146 valence electrons. The van der Waals surface area contributed by atoms with Gasteiger partial charge in [-0.1, -0.05) is 32.8 Å². The summed E-state index contributed by atoms with van der Waals surface area (Å²) in [7, 11) is -3.55. The Morgan fingerprint density at radius 1 is 1.27 bits per heavy atom. The van der Waals surface area contributed by atoms with Crippen LogP contribution in [0.4, 0.5) is 5.69 Å². The molecule has 0 saturated heterocycles. The Balaban J connectivity index is 2.14. The third kappa shape index (κ3) is 5.02. The van der Waals surface area contributed by atoms with Gasteiger partial charge in [0.05, 0.1) is 10.1 Å². The van der Waals surface area contributed by atoms with E-state index in [0.717, 1.165) is 0 Å². The smallest absolute Gasteiger partial charge is 0.243 e. The van der Waals surface area contributed by atoms with Crippen molar-refractivity contribution >= 4 is 33.4 Å².